The Morgan fingerprint density at radius 3 is 2.46 bits per heavy atom. The van der Waals surface area contributed by atoms with Crippen LogP contribution in [0.2, 0.25) is 0 Å². The first-order valence-electron chi connectivity index (χ1n) is 8.96. The van der Waals surface area contributed by atoms with Crippen LogP contribution in [-0.2, 0) is 11.2 Å². The van der Waals surface area contributed by atoms with Crippen molar-refractivity contribution >= 4 is 5.91 Å². The lowest BCUT2D eigenvalue weighted by Crippen LogP contribution is -2.32. The molecular weight excluding hydrogens is 333 g/mol. The fourth-order valence-corrected chi connectivity index (χ4v) is 3.04. The maximum atomic E-state index is 13.0. The number of ether oxygens (including phenoxy) is 2. The molecule has 1 N–H and O–H groups in total. The molecule has 0 bridgehead atoms. The minimum absolute atomic E-state index is 0.0251. The van der Waals surface area contributed by atoms with Gasteiger partial charge in [-0.15, -0.1) is 0 Å². The first-order valence-corrected chi connectivity index (χ1v) is 8.96. The van der Waals surface area contributed by atoms with Gasteiger partial charge in [-0.25, -0.2) is 4.39 Å². The first-order chi connectivity index (χ1) is 12.5. The maximum Gasteiger partial charge on any atom is 0.220 e. The number of amides is 1. The van der Waals surface area contributed by atoms with E-state index >= 15 is 0 Å². The Labute approximate surface area is 153 Å². The second-order valence-electron chi connectivity index (χ2n) is 6.82. The Bertz CT molecular complexity index is 758. The summed E-state index contributed by atoms with van der Waals surface area (Å²) in [7, 11) is 0. The van der Waals surface area contributed by atoms with E-state index in [1.54, 1.807) is 12.1 Å². The van der Waals surface area contributed by atoms with Crippen molar-refractivity contribution in [1.82, 2.24) is 5.32 Å². The third-order valence-corrected chi connectivity index (χ3v) is 4.46. The van der Waals surface area contributed by atoms with Crippen molar-refractivity contribution in [2.24, 2.45) is 5.92 Å². The van der Waals surface area contributed by atoms with Gasteiger partial charge < -0.3 is 14.8 Å². The largest absolute Gasteiger partial charge is 0.486 e. The van der Waals surface area contributed by atoms with Gasteiger partial charge in [-0.1, -0.05) is 32.0 Å². The second-order valence-corrected chi connectivity index (χ2v) is 6.82. The molecule has 0 fully saturated rings. The molecule has 0 spiro atoms. The molecule has 0 saturated heterocycles. The van der Waals surface area contributed by atoms with Crippen molar-refractivity contribution in [3.8, 4) is 11.5 Å². The lowest BCUT2D eigenvalue weighted by molar-refractivity contribution is -0.122. The van der Waals surface area contributed by atoms with E-state index in [9.17, 15) is 9.18 Å². The van der Waals surface area contributed by atoms with Crippen LogP contribution in [0.25, 0.3) is 0 Å². The summed E-state index contributed by atoms with van der Waals surface area (Å²) in [6.45, 7) is 5.23. The van der Waals surface area contributed by atoms with Crippen molar-refractivity contribution < 1.29 is 18.7 Å². The standard InChI is InChI=1S/C21H24FNO3/c1-14(2)21(16-6-9-18-19(13-16)26-12-11-25-18)23-20(24)10-5-15-3-7-17(22)8-4-15/h3-4,6-9,13-14,21H,5,10-12H2,1-2H3,(H,23,24). The van der Waals surface area contributed by atoms with E-state index in [2.05, 4.69) is 19.2 Å². The van der Waals surface area contributed by atoms with Gasteiger partial charge in [0.1, 0.15) is 19.0 Å². The van der Waals surface area contributed by atoms with E-state index in [0.29, 0.717) is 26.1 Å². The number of carbonyl (C=O) groups excluding carboxylic acids is 1. The first kappa shape index (κ1) is 18.2. The lowest BCUT2D eigenvalue weighted by atomic mass is 9.95. The van der Waals surface area contributed by atoms with Crippen LogP contribution in [0.4, 0.5) is 4.39 Å². The van der Waals surface area contributed by atoms with Gasteiger partial charge in [0.05, 0.1) is 6.04 Å². The molecule has 2 aromatic carbocycles. The van der Waals surface area contributed by atoms with Gasteiger partial charge >= 0.3 is 0 Å². The van der Waals surface area contributed by atoms with E-state index in [1.807, 2.05) is 18.2 Å². The third kappa shape index (κ3) is 4.54. The molecule has 0 radical (unpaired) electrons. The molecule has 1 unspecified atom stereocenters. The lowest BCUT2D eigenvalue weighted by Gasteiger charge is -2.25. The molecule has 1 amide bonds. The van der Waals surface area contributed by atoms with Crippen molar-refractivity contribution in [3.63, 3.8) is 0 Å². The summed E-state index contributed by atoms with van der Waals surface area (Å²) < 4.78 is 24.2. The summed E-state index contributed by atoms with van der Waals surface area (Å²) in [5, 5.41) is 3.11. The third-order valence-electron chi connectivity index (χ3n) is 4.46. The fourth-order valence-electron chi connectivity index (χ4n) is 3.04. The highest BCUT2D eigenvalue weighted by Crippen LogP contribution is 2.34. The summed E-state index contributed by atoms with van der Waals surface area (Å²) >= 11 is 0. The van der Waals surface area contributed by atoms with Crippen LogP contribution in [0.5, 0.6) is 11.5 Å². The van der Waals surface area contributed by atoms with Gasteiger partial charge in [-0.2, -0.15) is 0 Å². The van der Waals surface area contributed by atoms with E-state index in [-0.39, 0.29) is 23.7 Å². The summed E-state index contributed by atoms with van der Waals surface area (Å²) in [5.41, 5.74) is 1.95. The number of benzene rings is 2. The molecule has 0 aliphatic carbocycles. The van der Waals surface area contributed by atoms with Crippen LogP contribution in [0.15, 0.2) is 42.5 Å². The molecular formula is C21H24FNO3. The molecule has 1 atom stereocenters. The number of carbonyl (C=O) groups is 1. The minimum Gasteiger partial charge on any atom is -0.486 e. The predicted molar refractivity (Wildman–Crippen MR) is 97.9 cm³/mol. The number of halogens is 1. The van der Waals surface area contributed by atoms with Crippen LogP contribution in [0.1, 0.15) is 37.4 Å². The smallest absolute Gasteiger partial charge is 0.220 e. The quantitative estimate of drug-likeness (QED) is 0.849. The van der Waals surface area contributed by atoms with Gasteiger partial charge in [0.25, 0.3) is 0 Å². The second kappa shape index (κ2) is 8.21. The Hall–Kier alpha value is -2.56. The molecule has 26 heavy (non-hydrogen) atoms. The van der Waals surface area contributed by atoms with Crippen LogP contribution < -0.4 is 14.8 Å². The number of hydrogen-bond acceptors (Lipinski definition) is 3. The fraction of sp³-hybridized carbons (Fsp3) is 0.381. The zero-order valence-corrected chi connectivity index (χ0v) is 15.1. The van der Waals surface area contributed by atoms with Crippen molar-refractivity contribution in [3.05, 3.63) is 59.4 Å². The summed E-state index contributed by atoms with van der Waals surface area (Å²) in [5.74, 6) is 1.40. The van der Waals surface area contributed by atoms with E-state index < -0.39 is 0 Å². The number of aryl methyl sites for hydroxylation is 1. The molecule has 138 valence electrons. The number of fused-ring (bicyclic) bond motifs is 1. The van der Waals surface area contributed by atoms with Gasteiger partial charge in [-0.3, -0.25) is 4.79 Å². The molecule has 0 aromatic heterocycles. The number of hydrogen-bond donors (Lipinski definition) is 1. The molecule has 3 rings (SSSR count). The van der Waals surface area contributed by atoms with Crippen LogP contribution in [-0.4, -0.2) is 19.1 Å². The monoisotopic (exact) mass is 357 g/mol. The van der Waals surface area contributed by atoms with Crippen LogP contribution in [0.3, 0.4) is 0 Å². The normalized spacial score (nSPS) is 14.2. The van der Waals surface area contributed by atoms with Crippen molar-refractivity contribution in [2.45, 2.75) is 32.7 Å². The average Bonchev–Trinajstić information content (AvgIpc) is 2.65. The average molecular weight is 357 g/mol. The Morgan fingerprint density at radius 2 is 1.77 bits per heavy atom. The Balaban J connectivity index is 1.64. The zero-order chi connectivity index (χ0) is 18.5. The van der Waals surface area contributed by atoms with E-state index in [4.69, 9.17) is 9.47 Å². The highest BCUT2D eigenvalue weighted by Gasteiger charge is 2.21. The molecule has 2 aromatic rings. The van der Waals surface area contributed by atoms with Gasteiger partial charge in [0.2, 0.25) is 5.91 Å². The highest BCUT2D eigenvalue weighted by atomic mass is 19.1. The summed E-state index contributed by atoms with van der Waals surface area (Å²) in [6, 6.07) is 12.0. The van der Waals surface area contributed by atoms with Crippen LogP contribution >= 0.6 is 0 Å². The minimum atomic E-state index is -0.267. The molecule has 0 saturated carbocycles. The maximum absolute atomic E-state index is 13.0. The summed E-state index contributed by atoms with van der Waals surface area (Å²) in [6.07, 6.45) is 0.942. The zero-order valence-electron chi connectivity index (χ0n) is 15.1. The number of nitrogens with one attached hydrogen (secondary N) is 1. The topological polar surface area (TPSA) is 47.6 Å². The Morgan fingerprint density at radius 1 is 1.08 bits per heavy atom. The molecule has 5 heteroatoms. The highest BCUT2D eigenvalue weighted by molar-refractivity contribution is 5.76. The number of rotatable bonds is 6. The van der Waals surface area contributed by atoms with E-state index in [1.165, 1.54) is 12.1 Å². The molecule has 1 aliphatic heterocycles. The van der Waals surface area contributed by atoms with Gasteiger partial charge in [0, 0.05) is 6.42 Å². The van der Waals surface area contributed by atoms with E-state index in [0.717, 1.165) is 22.6 Å². The summed E-state index contributed by atoms with van der Waals surface area (Å²) in [4.78, 5) is 12.4. The molecule has 4 nitrogen and oxygen atoms in total. The van der Waals surface area contributed by atoms with Crippen LogP contribution in [0, 0.1) is 11.7 Å². The van der Waals surface area contributed by atoms with Gasteiger partial charge in [-0.05, 0) is 47.7 Å². The van der Waals surface area contributed by atoms with Crippen molar-refractivity contribution in [2.75, 3.05) is 13.2 Å². The molecule has 1 aliphatic rings. The van der Waals surface area contributed by atoms with Crippen molar-refractivity contribution in [1.29, 1.82) is 0 Å². The predicted octanol–water partition coefficient (Wildman–Crippen LogP) is 4.04. The SMILES string of the molecule is CC(C)C(NC(=O)CCc1ccc(F)cc1)c1ccc2c(c1)OCCO2. The van der Waals surface area contributed by atoms with Gasteiger partial charge in [0.15, 0.2) is 11.5 Å². The molecule has 1 heterocycles. The Kier molecular flexibility index (Phi) is 5.76.